The van der Waals surface area contributed by atoms with Crippen LogP contribution < -0.4 is 21.7 Å². The highest BCUT2D eigenvalue weighted by molar-refractivity contribution is 6.37. The van der Waals surface area contributed by atoms with Gasteiger partial charge < -0.3 is 26.6 Å². The summed E-state index contributed by atoms with van der Waals surface area (Å²) in [5.74, 6) is -6.60. The molecule has 0 bridgehead atoms. The van der Waals surface area contributed by atoms with Crippen molar-refractivity contribution in [2.45, 2.75) is 104 Å². The normalized spacial score (nSPS) is 32.1. The largest absolute Gasteiger partial charge is 0.363 e. The van der Waals surface area contributed by atoms with Gasteiger partial charge in [0, 0.05) is 24.4 Å². The smallest absolute Gasteiger partial charge is 0.315 e. The number of likely N-dealkylation sites (tertiary alicyclic amines) is 1. The van der Waals surface area contributed by atoms with E-state index in [4.69, 9.17) is 19.4 Å². The van der Waals surface area contributed by atoms with Crippen molar-refractivity contribution in [1.82, 2.24) is 20.9 Å². The van der Waals surface area contributed by atoms with E-state index in [1.807, 2.05) is 5.32 Å². The van der Waals surface area contributed by atoms with Crippen LogP contribution >= 0.6 is 0 Å². The van der Waals surface area contributed by atoms with E-state index < -0.39 is 96.4 Å². The molecular weight excluding hydrogens is 474 g/mol. The van der Waals surface area contributed by atoms with Gasteiger partial charge in [-0.2, -0.15) is 0 Å². The first-order valence-electron chi connectivity index (χ1n) is 17.5. The molecule has 5 N–H and O–H groups in total. The van der Waals surface area contributed by atoms with E-state index in [2.05, 4.69) is 10.6 Å². The minimum atomic E-state index is -3.90. The second-order valence-corrected chi connectivity index (χ2v) is 12.1. The number of hydrogen-bond donors (Lipinski definition) is 4. The summed E-state index contributed by atoms with van der Waals surface area (Å²) >= 11 is 0. The lowest BCUT2D eigenvalue weighted by molar-refractivity contribution is -0.145. The Hall–Kier alpha value is -2.65. The highest BCUT2D eigenvalue weighted by Crippen LogP contribution is 2.65. The van der Waals surface area contributed by atoms with Crippen LogP contribution in [0.25, 0.3) is 0 Å². The van der Waals surface area contributed by atoms with Gasteiger partial charge in [0.1, 0.15) is 12.1 Å². The van der Waals surface area contributed by atoms with Crippen molar-refractivity contribution in [1.29, 1.82) is 0 Å². The molecule has 3 fully saturated rings. The van der Waals surface area contributed by atoms with Crippen molar-refractivity contribution in [2.75, 3.05) is 6.54 Å². The molecule has 10 heteroatoms. The summed E-state index contributed by atoms with van der Waals surface area (Å²) in [7, 11) is 0. The maximum atomic E-state index is 14.5. The molecule has 2 aliphatic carbocycles. The van der Waals surface area contributed by atoms with E-state index in [1.54, 1.807) is 13.8 Å². The lowest BCUT2D eigenvalue weighted by atomic mass is 9.80. The molecule has 10 nitrogen and oxygen atoms in total. The minimum Gasteiger partial charge on any atom is -0.363 e. The van der Waals surface area contributed by atoms with Gasteiger partial charge in [0.15, 0.2) is 0 Å². The fourth-order valence-corrected chi connectivity index (χ4v) is 5.40. The van der Waals surface area contributed by atoms with Gasteiger partial charge in [-0.05, 0) is 55.8 Å². The van der Waals surface area contributed by atoms with Crippen LogP contribution in [0.3, 0.4) is 0 Å². The molecule has 3 aliphatic rings. The van der Waals surface area contributed by atoms with E-state index in [1.165, 1.54) is 20.8 Å². The zero-order valence-corrected chi connectivity index (χ0v) is 22.0. The Balaban J connectivity index is 2.17. The number of carbonyl (C=O) groups is 5. The fraction of sp³-hybridized carbons (Fsp3) is 0.815. The van der Waals surface area contributed by atoms with Crippen molar-refractivity contribution in [3.63, 3.8) is 0 Å². The van der Waals surface area contributed by atoms with E-state index in [9.17, 15) is 24.0 Å². The van der Waals surface area contributed by atoms with Crippen LogP contribution in [-0.2, 0) is 19.2 Å². The molecular formula is C27H45N5O5. The molecule has 2 saturated carbocycles. The predicted octanol–water partition coefficient (Wildman–Crippen LogP) is 1.71. The second kappa shape index (κ2) is 9.91. The van der Waals surface area contributed by atoms with Crippen LogP contribution in [0.5, 0.6) is 0 Å². The maximum Gasteiger partial charge on any atom is 0.315 e. The van der Waals surface area contributed by atoms with E-state index in [-0.39, 0.29) is 18.9 Å². The van der Waals surface area contributed by atoms with E-state index >= 15 is 0 Å². The third-order valence-electron chi connectivity index (χ3n) is 7.69. The van der Waals surface area contributed by atoms with Gasteiger partial charge in [0.25, 0.3) is 5.91 Å². The number of nitrogens with two attached hydrogens (primary N) is 1. The standard InChI is InChI=1S/C27H45N5O5/c1-25(2,3)20(30-24(37)31-26(4,5)6)23(36)32-13-15-17(27(15,7)8)18(32)22(35)29-16(19(33)21(28)34)12-14-10-9-11-14/h14-18,20H,9-13H2,1-8H3,(H2,28,34)(H,29,35)(H2,30,31,37)/t15-,16+,17-,18-,20+/m0/s1/i1D3,2D3,3D3,16D. The van der Waals surface area contributed by atoms with Gasteiger partial charge in [-0.3, -0.25) is 19.2 Å². The monoisotopic (exact) mass is 529 g/mol. The number of carbonyl (C=O) groups excluding carboxylic acids is 5. The third-order valence-corrected chi connectivity index (χ3v) is 7.69. The van der Waals surface area contributed by atoms with Crippen LogP contribution in [0, 0.1) is 28.6 Å². The van der Waals surface area contributed by atoms with Crippen LogP contribution in [0.2, 0.25) is 0 Å². The summed E-state index contributed by atoms with van der Waals surface area (Å²) in [4.78, 5) is 67.2. The predicted molar refractivity (Wildman–Crippen MR) is 139 cm³/mol. The fourth-order valence-electron chi connectivity index (χ4n) is 5.40. The molecule has 1 heterocycles. The number of piperidine rings is 1. The number of amides is 5. The first-order chi connectivity index (χ1) is 20.9. The lowest BCUT2D eigenvalue weighted by Crippen LogP contribution is -2.62. The van der Waals surface area contributed by atoms with Crippen molar-refractivity contribution in [3.8, 4) is 0 Å². The first-order valence-corrected chi connectivity index (χ1v) is 12.5. The average Bonchev–Trinajstić information content (AvgIpc) is 3.15. The van der Waals surface area contributed by atoms with E-state index in [0.717, 1.165) is 11.3 Å². The molecule has 1 aliphatic heterocycles. The Morgan fingerprint density at radius 1 is 1.11 bits per heavy atom. The number of nitrogens with one attached hydrogen (secondary N) is 3. The highest BCUT2D eigenvalue weighted by Gasteiger charge is 2.70. The van der Waals surface area contributed by atoms with Crippen LogP contribution in [0.4, 0.5) is 4.79 Å². The molecule has 5 amide bonds. The SMILES string of the molecule is [2H]C([2H])([2H])C([C@H](NC(=O)NC(C)(C)C)C(=O)N1C[C@H]2[C@@H]([C@H]1C(=O)N[C@]([2H])(CC1CCC1)C(=O)C(N)=O)C2(C)C)(C([2H])([2H])[2H])C([2H])([2H])[2H]. The Morgan fingerprint density at radius 3 is 2.22 bits per heavy atom. The maximum absolute atomic E-state index is 14.5. The Labute approximate surface area is 234 Å². The van der Waals surface area contributed by atoms with Crippen LogP contribution in [-0.4, -0.2) is 64.6 Å². The van der Waals surface area contributed by atoms with Gasteiger partial charge in [0.2, 0.25) is 17.6 Å². The molecule has 3 rings (SSSR count). The molecule has 0 aromatic heterocycles. The van der Waals surface area contributed by atoms with Crippen molar-refractivity contribution in [3.05, 3.63) is 0 Å². The van der Waals surface area contributed by atoms with Gasteiger partial charge in [-0.1, -0.05) is 53.7 Å². The van der Waals surface area contributed by atoms with Crippen molar-refractivity contribution in [2.24, 2.45) is 34.3 Å². The number of hydrogen-bond acceptors (Lipinski definition) is 5. The number of nitrogens with zero attached hydrogens (tertiary/aromatic N) is 1. The molecule has 37 heavy (non-hydrogen) atoms. The topological polar surface area (TPSA) is 151 Å². The van der Waals surface area contributed by atoms with Gasteiger partial charge in [0.05, 0.1) is 7.39 Å². The number of Topliss-reactive ketones (excluding diaryl/α,β-unsaturated/α-hetero) is 1. The highest BCUT2D eigenvalue weighted by atomic mass is 16.2. The zero-order chi connectivity index (χ0) is 36.5. The molecule has 5 atom stereocenters. The minimum absolute atomic E-state index is 0.170. The number of ketones is 1. The molecule has 0 unspecified atom stereocenters. The molecule has 0 aromatic rings. The average molecular weight is 530 g/mol. The molecule has 0 spiro atoms. The summed E-state index contributed by atoms with van der Waals surface area (Å²) in [6.07, 6.45) is 1.85. The summed E-state index contributed by atoms with van der Waals surface area (Å²) in [6.45, 7) is -3.78. The zero-order valence-electron chi connectivity index (χ0n) is 32.0. The molecule has 208 valence electrons. The van der Waals surface area contributed by atoms with Gasteiger partial charge in [-0.15, -0.1) is 0 Å². The Kier molecular flexibility index (Phi) is 4.76. The Morgan fingerprint density at radius 2 is 1.73 bits per heavy atom. The van der Waals surface area contributed by atoms with E-state index in [0.29, 0.717) is 12.8 Å². The summed E-state index contributed by atoms with van der Waals surface area (Å²) in [6, 6.07) is -8.02. The van der Waals surface area contributed by atoms with Crippen LogP contribution in [0.15, 0.2) is 0 Å². The third kappa shape index (κ3) is 6.26. The molecule has 0 aromatic carbocycles. The summed E-state index contributed by atoms with van der Waals surface area (Å²) in [5.41, 5.74) is -0.227. The quantitative estimate of drug-likeness (QED) is 0.353. The molecule has 1 saturated heterocycles. The summed E-state index contributed by atoms with van der Waals surface area (Å²) < 4.78 is 82.5. The first kappa shape index (κ1) is 17.8. The molecule has 0 radical (unpaired) electrons. The summed E-state index contributed by atoms with van der Waals surface area (Å²) in [5, 5.41) is 6.74. The van der Waals surface area contributed by atoms with Gasteiger partial charge in [-0.25, -0.2) is 4.79 Å². The van der Waals surface area contributed by atoms with Gasteiger partial charge >= 0.3 is 6.03 Å². The van der Waals surface area contributed by atoms with Crippen LogP contribution in [0.1, 0.15) is 94.6 Å². The number of rotatable bonds is 8. The number of primary amides is 1. The van der Waals surface area contributed by atoms with Crippen molar-refractivity contribution >= 4 is 29.5 Å². The lowest BCUT2D eigenvalue weighted by Gasteiger charge is -2.38. The van der Waals surface area contributed by atoms with Crippen molar-refractivity contribution < 1.29 is 37.7 Å². The number of fused-ring (bicyclic) bond motifs is 1. The number of urea groups is 1. The Bertz CT molecular complexity index is 1270. The second-order valence-electron chi connectivity index (χ2n) is 12.1.